The van der Waals surface area contributed by atoms with Gasteiger partial charge in [0.1, 0.15) is 11.6 Å². The zero-order valence-electron chi connectivity index (χ0n) is 17.3. The lowest BCUT2D eigenvalue weighted by Crippen LogP contribution is -2.42. The third-order valence-corrected chi connectivity index (χ3v) is 5.24. The Hall–Kier alpha value is -2.34. The normalized spacial score (nSPS) is 17.1. The highest BCUT2D eigenvalue weighted by Crippen LogP contribution is 2.26. The summed E-state index contributed by atoms with van der Waals surface area (Å²) in [5.74, 6) is 2.21. The lowest BCUT2D eigenvalue weighted by atomic mass is 9.97. The first-order chi connectivity index (χ1) is 13.5. The molecule has 1 amide bonds. The number of piperidine rings is 1. The Morgan fingerprint density at radius 1 is 1.36 bits per heavy atom. The minimum absolute atomic E-state index is 0.0527. The van der Waals surface area contributed by atoms with Gasteiger partial charge in [0.05, 0.1) is 0 Å². The average molecular weight is 385 g/mol. The van der Waals surface area contributed by atoms with Crippen LogP contribution in [0.1, 0.15) is 36.6 Å². The van der Waals surface area contributed by atoms with E-state index in [1.807, 2.05) is 42.3 Å². The number of likely N-dealkylation sites (tertiary alicyclic amines) is 1. The number of carbonyl (C=O) groups is 1. The van der Waals surface area contributed by atoms with E-state index in [2.05, 4.69) is 34.7 Å². The molecule has 1 aromatic carbocycles. The molecule has 2 heterocycles. The van der Waals surface area contributed by atoms with Gasteiger partial charge in [-0.3, -0.25) is 4.79 Å². The molecule has 0 aliphatic carbocycles. The summed E-state index contributed by atoms with van der Waals surface area (Å²) >= 11 is 0. The number of rotatable bonds is 8. The van der Waals surface area contributed by atoms with Gasteiger partial charge in [-0.2, -0.15) is 0 Å². The monoisotopic (exact) mass is 384 g/mol. The van der Waals surface area contributed by atoms with Gasteiger partial charge in [0, 0.05) is 37.9 Å². The van der Waals surface area contributed by atoms with E-state index in [-0.39, 0.29) is 12.5 Å². The van der Waals surface area contributed by atoms with E-state index in [9.17, 15) is 4.79 Å². The fourth-order valence-electron chi connectivity index (χ4n) is 3.78. The van der Waals surface area contributed by atoms with Gasteiger partial charge in [-0.05, 0) is 64.5 Å². The molecule has 28 heavy (non-hydrogen) atoms. The number of hydrogen-bond donors (Lipinski definition) is 0. The van der Waals surface area contributed by atoms with Crippen molar-refractivity contribution in [1.29, 1.82) is 0 Å². The molecular weight excluding hydrogens is 352 g/mol. The summed E-state index contributed by atoms with van der Waals surface area (Å²) in [6.45, 7) is 5.66. The number of ether oxygens (including phenoxy) is 1. The topological polar surface area (TPSA) is 50.6 Å². The second-order valence-electron chi connectivity index (χ2n) is 7.92. The van der Waals surface area contributed by atoms with Crippen molar-refractivity contribution in [3.8, 4) is 5.75 Å². The highest BCUT2D eigenvalue weighted by molar-refractivity contribution is 5.78. The summed E-state index contributed by atoms with van der Waals surface area (Å²) in [5, 5.41) is 0. The van der Waals surface area contributed by atoms with E-state index in [0.29, 0.717) is 5.92 Å². The number of benzene rings is 1. The molecule has 152 valence electrons. The van der Waals surface area contributed by atoms with Crippen LogP contribution in [0.25, 0.3) is 0 Å². The van der Waals surface area contributed by atoms with Crippen LogP contribution in [0.2, 0.25) is 0 Å². The third-order valence-electron chi connectivity index (χ3n) is 5.24. The fraction of sp³-hybridized carbons (Fsp3) is 0.545. The number of amides is 1. The second kappa shape index (κ2) is 9.73. The van der Waals surface area contributed by atoms with Crippen LogP contribution in [-0.2, 0) is 11.3 Å². The van der Waals surface area contributed by atoms with Gasteiger partial charge in [-0.25, -0.2) is 4.98 Å². The van der Waals surface area contributed by atoms with E-state index in [0.717, 1.165) is 62.6 Å². The zero-order valence-corrected chi connectivity index (χ0v) is 17.3. The van der Waals surface area contributed by atoms with Crippen LogP contribution in [0, 0.1) is 6.92 Å². The van der Waals surface area contributed by atoms with Gasteiger partial charge in [0.2, 0.25) is 0 Å². The standard InChI is InChI=1S/C22H32N4O2/c1-18-7-4-9-20(15-18)28-17-21(27)26-12-5-8-19(16-26)22-23-10-14-25(22)13-6-11-24(2)3/h4,7,9-10,14-15,19H,5-6,8,11-13,16-17H2,1-3H3/t19-/m0/s1. The smallest absolute Gasteiger partial charge is 0.260 e. The molecule has 2 aromatic rings. The summed E-state index contributed by atoms with van der Waals surface area (Å²) in [6, 6.07) is 7.81. The van der Waals surface area contributed by atoms with Gasteiger partial charge in [-0.15, -0.1) is 0 Å². The van der Waals surface area contributed by atoms with E-state index in [1.165, 1.54) is 0 Å². The van der Waals surface area contributed by atoms with E-state index in [1.54, 1.807) is 0 Å². The van der Waals surface area contributed by atoms with Crippen LogP contribution < -0.4 is 4.74 Å². The molecule has 1 saturated heterocycles. The van der Waals surface area contributed by atoms with Gasteiger partial charge < -0.3 is 19.1 Å². The molecule has 0 spiro atoms. The second-order valence-corrected chi connectivity index (χ2v) is 7.92. The summed E-state index contributed by atoms with van der Waals surface area (Å²) < 4.78 is 7.97. The van der Waals surface area contributed by atoms with E-state index < -0.39 is 0 Å². The molecule has 6 heteroatoms. The first-order valence-corrected chi connectivity index (χ1v) is 10.2. The minimum atomic E-state index is 0.0527. The maximum Gasteiger partial charge on any atom is 0.260 e. The Kier molecular flexibility index (Phi) is 7.09. The van der Waals surface area contributed by atoms with Crippen molar-refractivity contribution in [3.63, 3.8) is 0 Å². The Bertz CT molecular complexity index is 771. The first kappa shape index (κ1) is 20.4. The van der Waals surface area contributed by atoms with Gasteiger partial charge in [0.25, 0.3) is 5.91 Å². The molecular formula is C22H32N4O2. The van der Waals surface area contributed by atoms with Crippen LogP contribution in [0.3, 0.4) is 0 Å². The lowest BCUT2D eigenvalue weighted by molar-refractivity contribution is -0.134. The van der Waals surface area contributed by atoms with Crippen LogP contribution in [0.4, 0.5) is 0 Å². The average Bonchev–Trinajstić information content (AvgIpc) is 3.14. The molecule has 1 atom stereocenters. The molecule has 1 aromatic heterocycles. The summed E-state index contributed by atoms with van der Waals surface area (Å²) in [6.07, 6.45) is 7.12. The molecule has 6 nitrogen and oxygen atoms in total. The third kappa shape index (κ3) is 5.58. The van der Waals surface area contributed by atoms with Crippen LogP contribution in [0.15, 0.2) is 36.7 Å². The van der Waals surface area contributed by atoms with Gasteiger partial charge in [-0.1, -0.05) is 12.1 Å². The number of carbonyl (C=O) groups excluding carboxylic acids is 1. The van der Waals surface area contributed by atoms with Crippen molar-refractivity contribution in [2.75, 3.05) is 40.3 Å². The number of hydrogen-bond acceptors (Lipinski definition) is 4. The summed E-state index contributed by atoms with van der Waals surface area (Å²) in [7, 11) is 4.19. The van der Waals surface area contributed by atoms with Crippen molar-refractivity contribution in [2.24, 2.45) is 0 Å². The molecule has 3 rings (SSSR count). The highest BCUT2D eigenvalue weighted by Gasteiger charge is 2.27. The predicted molar refractivity (Wildman–Crippen MR) is 111 cm³/mol. The predicted octanol–water partition coefficient (Wildman–Crippen LogP) is 2.93. The maximum absolute atomic E-state index is 12.7. The SMILES string of the molecule is Cc1cccc(OCC(=O)N2CCC[C@H](c3nccn3CCCN(C)C)C2)c1. The van der Waals surface area contributed by atoms with Crippen LogP contribution in [-0.4, -0.2) is 65.6 Å². The summed E-state index contributed by atoms with van der Waals surface area (Å²) in [5.41, 5.74) is 1.13. The van der Waals surface area contributed by atoms with Crippen LogP contribution >= 0.6 is 0 Å². The van der Waals surface area contributed by atoms with Crippen molar-refractivity contribution in [2.45, 2.75) is 38.6 Å². The van der Waals surface area contributed by atoms with Crippen molar-refractivity contribution in [3.05, 3.63) is 48.0 Å². The zero-order chi connectivity index (χ0) is 19.9. The molecule has 1 fully saturated rings. The van der Waals surface area contributed by atoms with E-state index >= 15 is 0 Å². The highest BCUT2D eigenvalue weighted by atomic mass is 16.5. The lowest BCUT2D eigenvalue weighted by Gasteiger charge is -2.32. The van der Waals surface area contributed by atoms with Gasteiger partial charge in [0.15, 0.2) is 6.61 Å². The Morgan fingerprint density at radius 3 is 3.00 bits per heavy atom. The molecule has 0 radical (unpaired) electrons. The maximum atomic E-state index is 12.7. The van der Waals surface area contributed by atoms with Crippen molar-refractivity contribution in [1.82, 2.24) is 19.4 Å². The number of aryl methyl sites for hydroxylation is 2. The largest absolute Gasteiger partial charge is 0.484 e. The molecule has 0 bridgehead atoms. The van der Waals surface area contributed by atoms with E-state index in [4.69, 9.17) is 4.74 Å². The number of nitrogens with zero attached hydrogens (tertiary/aromatic N) is 4. The van der Waals surface area contributed by atoms with Crippen LogP contribution in [0.5, 0.6) is 5.75 Å². The minimum Gasteiger partial charge on any atom is -0.484 e. The number of imidazole rings is 1. The van der Waals surface area contributed by atoms with Gasteiger partial charge >= 0.3 is 0 Å². The molecule has 0 saturated carbocycles. The Morgan fingerprint density at radius 2 is 2.21 bits per heavy atom. The quantitative estimate of drug-likeness (QED) is 0.702. The number of aromatic nitrogens is 2. The molecule has 1 aliphatic rings. The fourth-order valence-corrected chi connectivity index (χ4v) is 3.78. The van der Waals surface area contributed by atoms with Crippen molar-refractivity contribution < 1.29 is 9.53 Å². The Balaban J connectivity index is 1.55. The van der Waals surface area contributed by atoms with Crippen molar-refractivity contribution >= 4 is 5.91 Å². The first-order valence-electron chi connectivity index (χ1n) is 10.2. The molecule has 0 unspecified atom stereocenters. The molecule has 1 aliphatic heterocycles. The Labute approximate surface area is 168 Å². The molecule has 0 N–H and O–H groups in total. The summed E-state index contributed by atoms with van der Waals surface area (Å²) in [4.78, 5) is 21.4.